The molecule has 0 aromatic rings. The van der Waals surface area contributed by atoms with Gasteiger partial charge in [0, 0.05) is 12.5 Å². The summed E-state index contributed by atoms with van der Waals surface area (Å²) in [5.74, 6) is 0.111. The molecular formula is C17H32N2O4. The number of hydrogen-bond donors (Lipinski definition) is 2. The summed E-state index contributed by atoms with van der Waals surface area (Å²) in [4.78, 5) is 26.2. The Morgan fingerprint density at radius 2 is 1.96 bits per heavy atom. The summed E-state index contributed by atoms with van der Waals surface area (Å²) in [6.45, 7) is 11.7. The number of hydrogen-bond acceptors (Lipinski definition) is 4. The molecule has 3 unspecified atom stereocenters. The monoisotopic (exact) mass is 328 g/mol. The van der Waals surface area contributed by atoms with E-state index < -0.39 is 23.8 Å². The molecule has 23 heavy (non-hydrogen) atoms. The molecule has 0 aromatic heterocycles. The van der Waals surface area contributed by atoms with Gasteiger partial charge < -0.3 is 15.2 Å². The Balaban J connectivity index is 2.78. The molecule has 2 amide bonds. The summed E-state index contributed by atoms with van der Waals surface area (Å²) < 4.78 is 5.35. The highest BCUT2D eigenvalue weighted by Gasteiger charge is 2.41. The number of carbonyl (C=O) groups is 2. The number of rotatable bonds is 5. The molecule has 1 heterocycles. The van der Waals surface area contributed by atoms with Gasteiger partial charge in [0.1, 0.15) is 11.6 Å². The summed E-state index contributed by atoms with van der Waals surface area (Å²) in [7, 11) is 0. The number of aliphatic hydroxyl groups is 1. The van der Waals surface area contributed by atoms with Crippen molar-refractivity contribution in [2.24, 2.45) is 5.92 Å². The zero-order chi connectivity index (χ0) is 17.8. The van der Waals surface area contributed by atoms with Gasteiger partial charge in [-0.25, -0.2) is 4.79 Å². The van der Waals surface area contributed by atoms with E-state index in [-0.39, 0.29) is 24.9 Å². The molecule has 2 N–H and O–H groups in total. The highest BCUT2D eigenvalue weighted by molar-refractivity contribution is 5.86. The molecule has 1 aliphatic heterocycles. The maximum absolute atomic E-state index is 12.6. The average molecular weight is 328 g/mol. The number of likely N-dealkylation sites (tertiary alicyclic amines) is 1. The average Bonchev–Trinajstić information content (AvgIpc) is 2.78. The fraction of sp³-hybridized carbons (Fsp3) is 0.882. The van der Waals surface area contributed by atoms with Gasteiger partial charge in [-0.15, -0.1) is 0 Å². The van der Waals surface area contributed by atoms with Crippen LogP contribution in [0.2, 0.25) is 0 Å². The first kappa shape index (κ1) is 19.7. The Labute approximate surface area is 139 Å². The fourth-order valence-corrected chi connectivity index (χ4v) is 2.75. The van der Waals surface area contributed by atoms with Crippen LogP contribution in [-0.2, 0) is 9.53 Å². The lowest BCUT2D eigenvalue weighted by Crippen LogP contribution is -2.50. The van der Waals surface area contributed by atoms with Crippen LogP contribution in [0, 0.1) is 5.92 Å². The van der Waals surface area contributed by atoms with E-state index in [1.54, 1.807) is 20.8 Å². The number of ether oxygens (including phenoxy) is 1. The first-order valence-corrected chi connectivity index (χ1v) is 8.53. The Bertz CT molecular complexity index is 417. The summed E-state index contributed by atoms with van der Waals surface area (Å²) in [6.07, 6.45) is 0.881. The van der Waals surface area contributed by atoms with Gasteiger partial charge in [0.25, 0.3) is 0 Å². The maximum atomic E-state index is 12.6. The number of amides is 2. The van der Waals surface area contributed by atoms with E-state index in [4.69, 9.17) is 4.74 Å². The van der Waals surface area contributed by atoms with Gasteiger partial charge in [0.05, 0.1) is 12.6 Å². The lowest BCUT2D eigenvalue weighted by molar-refractivity contribution is -0.126. The molecule has 134 valence electrons. The standard InChI is InChI=1S/C17H32N2O4/c1-7-8-13(11(2)3)18-15(21)14-9-12(20)10-19(14)16(22)23-17(4,5)6/h11-14,20H,7-10H2,1-6H3,(H,18,21). The Kier molecular flexibility index (Phi) is 6.86. The number of carbonyl (C=O) groups excluding carboxylic acids is 2. The van der Waals surface area contributed by atoms with E-state index in [0.29, 0.717) is 5.92 Å². The molecule has 0 saturated carbocycles. The molecule has 6 nitrogen and oxygen atoms in total. The molecule has 1 fully saturated rings. The summed E-state index contributed by atoms with van der Waals surface area (Å²) >= 11 is 0. The van der Waals surface area contributed by atoms with Gasteiger partial charge in [-0.3, -0.25) is 9.69 Å². The predicted octanol–water partition coefficient (Wildman–Crippen LogP) is 2.30. The predicted molar refractivity (Wildman–Crippen MR) is 89.0 cm³/mol. The van der Waals surface area contributed by atoms with Gasteiger partial charge >= 0.3 is 6.09 Å². The lowest BCUT2D eigenvalue weighted by atomic mass is 9.99. The SMILES string of the molecule is CCCC(NC(=O)C1CC(O)CN1C(=O)OC(C)(C)C)C(C)C. The van der Waals surface area contributed by atoms with Gasteiger partial charge in [-0.2, -0.15) is 0 Å². The second kappa shape index (κ2) is 7.99. The Hall–Kier alpha value is -1.30. The minimum Gasteiger partial charge on any atom is -0.444 e. The number of nitrogens with zero attached hydrogens (tertiary/aromatic N) is 1. The van der Waals surface area contributed by atoms with Crippen LogP contribution in [0.3, 0.4) is 0 Å². The van der Waals surface area contributed by atoms with Crippen LogP contribution in [-0.4, -0.2) is 52.3 Å². The van der Waals surface area contributed by atoms with E-state index in [9.17, 15) is 14.7 Å². The fourth-order valence-electron chi connectivity index (χ4n) is 2.75. The molecule has 1 saturated heterocycles. The van der Waals surface area contributed by atoms with Gasteiger partial charge in [-0.1, -0.05) is 27.2 Å². The van der Waals surface area contributed by atoms with Crippen molar-refractivity contribution in [2.45, 2.75) is 84.6 Å². The number of aliphatic hydroxyl groups excluding tert-OH is 1. The van der Waals surface area contributed by atoms with Crippen molar-refractivity contribution in [2.75, 3.05) is 6.54 Å². The molecule has 6 heteroatoms. The van der Waals surface area contributed by atoms with E-state index in [0.717, 1.165) is 12.8 Å². The van der Waals surface area contributed by atoms with Crippen molar-refractivity contribution < 1.29 is 19.4 Å². The largest absolute Gasteiger partial charge is 0.444 e. The van der Waals surface area contributed by atoms with Gasteiger partial charge in [0.2, 0.25) is 5.91 Å². The molecule has 0 aliphatic carbocycles. The third kappa shape index (κ3) is 6.01. The van der Waals surface area contributed by atoms with E-state index in [2.05, 4.69) is 26.1 Å². The van der Waals surface area contributed by atoms with Gasteiger partial charge in [0.15, 0.2) is 0 Å². The Morgan fingerprint density at radius 1 is 1.35 bits per heavy atom. The van der Waals surface area contributed by atoms with Gasteiger partial charge in [-0.05, 0) is 33.1 Å². The van der Waals surface area contributed by atoms with Crippen LogP contribution in [0.1, 0.15) is 60.8 Å². The third-order valence-corrected chi connectivity index (χ3v) is 3.94. The van der Waals surface area contributed by atoms with Crippen molar-refractivity contribution in [3.63, 3.8) is 0 Å². The van der Waals surface area contributed by atoms with E-state index >= 15 is 0 Å². The van der Waals surface area contributed by atoms with Crippen LogP contribution >= 0.6 is 0 Å². The van der Waals surface area contributed by atoms with Crippen molar-refractivity contribution in [3.05, 3.63) is 0 Å². The molecular weight excluding hydrogens is 296 g/mol. The Morgan fingerprint density at radius 3 is 2.43 bits per heavy atom. The van der Waals surface area contributed by atoms with Crippen LogP contribution in [0.15, 0.2) is 0 Å². The lowest BCUT2D eigenvalue weighted by Gasteiger charge is -2.29. The third-order valence-electron chi connectivity index (χ3n) is 3.94. The topological polar surface area (TPSA) is 78.9 Å². The van der Waals surface area contributed by atoms with E-state index in [1.807, 2.05) is 0 Å². The van der Waals surface area contributed by atoms with Crippen LogP contribution in [0.25, 0.3) is 0 Å². The minimum absolute atomic E-state index is 0.0747. The zero-order valence-electron chi connectivity index (χ0n) is 15.3. The summed E-state index contributed by atoms with van der Waals surface area (Å²) in [5, 5.41) is 12.9. The number of nitrogens with one attached hydrogen (secondary N) is 1. The summed E-state index contributed by atoms with van der Waals surface area (Å²) in [5.41, 5.74) is -0.631. The molecule has 0 aromatic carbocycles. The van der Waals surface area contributed by atoms with Crippen LogP contribution < -0.4 is 5.32 Å². The van der Waals surface area contributed by atoms with E-state index in [1.165, 1.54) is 4.90 Å². The molecule has 0 bridgehead atoms. The normalized spacial score (nSPS) is 23.0. The van der Waals surface area contributed by atoms with Crippen LogP contribution in [0.4, 0.5) is 4.79 Å². The quantitative estimate of drug-likeness (QED) is 0.811. The first-order chi connectivity index (χ1) is 10.5. The van der Waals surface area contributed by atoms with Crippen molar-refractivity contribution in [1.29, 1.82) is 0 Å². The molecule has 3 atom stereocenters. The molecule has 1 aliphatic rings. The molecule has 0 radical (unpaired) electrons. The second-order valence-electron chi connectivity index (χ2n) is 7.69. The first-order valence-electron chi connectivity index (χ1n) is 8.53. The highest BCUT2D eigenvalue weighted by Crippen LogP contribution is 2.22. The zero-order valence-corrected chi connectivity index (χ0v) is 15.3. The maximum Gasteiger partial charge on any atom is 0.411 e. The van der Waals surface area contributed by atoms with Crippen LogP contribution in [0.5, 0.6) is 0 Å². The van der Waals surface area contributed by atoms with Crippen molar-refractivity contribution in [1.82, 2.24) is 10.2 Å². The molecule has 0 spiro atoms. The highest BCUT2D eigenvalue weighted by atomic mass is 16.6. The molecule has 1 rings (SSSR count). The summed E-state index contributed by atoms with van der Waals surface area (Å²) in [6, 6.07) is -0.594. The van der Waals surface area contributed by atoms with Crippen molar-refractivity contribution in [3.8, 4) is 0 Å². The minimum atomic E-state index is -0.693. The second-order valence-corrected chi connectivity index (χ2v) is 7.69. The smallest absolute Gasteiger partial charge is 0.411 e. The van der Waals surface area contributed by atoms with Crippen molar-refractivity contribution >= 4 is 12.0 Å². The number of β-amino-alcohol motifs (C(OH)–C–C–N with tert-alkyl or cyclic N) is 1.